The van der Waals surface area contributed by atoms with Crippen molar-refractivity contribution in [2.45, 2.75) is 6.61 Å². The number of aromatic nitrogens is 1. The summed E-state index contributed by atoms with van der Waals surface area (Å²) in [5, 5.41) is 0. The van der Waals surface area contributed by atoms with Gasteiger partial charge in [-0.3, -0.25) is 0 Å². The standard InChI is InChI=1S/C14H17N3O2/c1-15-17-14-8-7-13(9-16-14)19-10-11-3-5-12(18-2)6-4-11/h3-9,15H,10H2,1-2H3,(H,16,17). The molecule has 0 bridgehead atoms. The summed E-state index contributed by atoms with van der Waals surface area (Å²) in [5.74, 6) is 2.32. The van der Waals surface area contributed by atoms with Gasteiger partial charge in [0.1, 0.15) is 23.9 Å². The third-order valence-electron chi connectivity index (χ3n) is 2.55. The molecular weight excluding hydrogens is 242 g/mol. The molecule has 2 aromatic rings. The van der Waals surface area contributed by atoms with Gasteiger partial charge in [-0.2, -0.15) is 0 Å². The van der Waals surface area contributed by atoms with Gasteiger partial charge in [-0.15, -0.1) is 0 Å². The summed E-state index contributed by atoms with van der Waals surface area (Å²) in [4.78, 5) is 4.19. The Labute approximate surface area is 112 Å². The molecule has 0 spiro atoms. The van der Waals surface area contributed by atoms with Gasteiger partial charge in [0, 0.05) is 7.05 Å². The molecule has 0 unspecified atom stereocenters. The molecule has 19 heavy (non-hydrogen) atoms. The summed E-state index contributed by atoms with van der Waals surface area (Å²) in [5.41, 5.74) is 6.78. The minimum absolute atomic E-state index is 0.504. The number of rotatable bonds is 6. The highest BCUT2D eigenvalue weighted by atomic mass is 16.5. The van der Waals surface area contributed by atoms with E-state index in [-0.39, 0.29) is 0 Å². The molecule has 0 aliphatic carbocycles. The summed E-state index contributed by atoms with van der Waals surface area (Å²) < 4.78 is 10.8. The number of methoxy groups -OCH3 is 1. The zero-order valence-electron chi connectivity index (χ0n) is 11.0. The zero-order chi connectivity index (χ0) is 13.5. The van der Waals surface area contributed by atoms with Gasteiger partial charge in [-0.05, 0) is 29.8 Å². The number of nitrogens with zero attached hydrogens (tertiary/aromatic N) is 1. The van der Waals surface area contributed by atoms with Crippen LogP contribution in [-0.2, 0) is 6.61 Å². The van der Waals surface area contributed by atoms with E-state index in [9.17, 15) is 0 Å². The highest BCUT2D eigenvalue weighted by molar-refractivity contribution is 5.36. The van der Waals surface area contributed by atoms with Crippen molar-refractivity contribution in [2.24, 2.45) is 0 Å². The van der Waals surface area contributed by atoms with E-state index in [0.29, 0.717) is 6.61 Å². The lowest BCUT2D eigenvalue weighted by Gasteiger charge is -2.08. The monoisotopic (exact) mass is 259 g/mol. The first-order chi connectivity index (χ1) is 9.31. The van der Waals surface area contributed by atoms with Gasteiger partial charge in [0.15, 0.2) is 0 Å². The molecule has 5 nitrogen and oxygen atoms in total. The molecule has 1 aromatic heterocycles. The summed E-state index contributed by atoms with van der Waals surface area (Å²) >= 11 is 0. The molecule has 0 amide bonds. The minimum Gasteiger partial charge on any atom is -0.497 e. The van der Waals surface area contributed by atoms with Crippen LogP contribution in [0.3, 0.4) is 0 Å². The van der Waals surface area contributed by atoms with Crippen LogP contribution in [0.15, 0.2) is 42.6 Å². The van der Waals surface area contributed by atoms with Crippen molar-refractivity contribution < 1.29 is 9.47 Å². The molecular formula is C14H17N3O2. The SMILES string of the molecule is CNNc1ccc(OCc2ccc(OC)cc2)cn1. The molecule has 1 heterocycles. The van der Waals surface area contributed by atoms with Crippen molar-refractivity contribution in [1.82, 2.24) is 10.4 Å². The topological polar surface area (TPSA) is 55.4 Å². The van der Waals surface area contributed by atoms with Gasteiger partial charge < -0.3 is 14.9 Å². The van der Waals surface area contributed by atoms with Crippen molar-refractivity contribution in [1.29, 1.82) is 0 Å². The van der Waals surface area contributed by atoms with Crippen LogP contribution in [0.5, 0.6) is 11.5 Å². The zero-order valence-corrected chi connectivity index (χ0v) is 11.0. The fraction of sp³-hybridized carbons (Fsp3) is 0.214. The Morgan fingerprint density at radius 3 is 2.37 bits per heavy atom. The number of hydrazine groups is 1. The Hall–Kier alpha value is -2.27. The molecule has 1 aromatic carbocycles. The van der Waals surface area contributed by atoms with Crippen LogP contribution in [0.25, 0.3) is 0 Å². The molecule has 2 N–H and O–H groups in total. The molecule has 0 fully saturated rings. The normalized spacial score (nSPS) is 10.0. The number of ether oxygens (including phenoxy) is 2. The first-order valence-electron chi connectivity index (χ1n) is 5.96. The molecule has 0 aliphatic heterocycles. The predicted octanol–water partition coefficient (Wildman–Crippen LogP) is 2.22. The first kappa shape index (κ1) is 13.2. The average molecular weight is 259 g/mol. The van der Waals surface area contributed by atoms with E-state index >= 15 is 0 Å². The number of pyridine rings is 1. The Bertz CT molecular complexity index is 497. The number of hydrogen-bond donors (Lipinski definition) is 2. The molecule has 0 radical (unpaired) electrons. The summed E-state index contributed by atoms with van der Waals surface area (Å²) in [6.45, 7) is 0.504. The Balaban J connectivity index is 1.90. The first-order valence-corrected chi connectivity index (χ1v) is 5.96. The maximum absolute atomic E-state index is 5.65. The fourth-order valence-corrected chi connectivity index (χ4v) is 1.56. The van der Waals surface area contributed by atoms with Gasteiger partial charge in [0.2, 0.25) is 0 Å². The smallest absolute Gasteiger partial charge is 0.140 e. The minimum atomic E-state index is 0.504. The van der Waals surface area contributed by atoms with E-state index in [4.69, 9.17) is 9.47 Å². The number of hydrogen-bond acceptors (Lipinski definition) is 5. The maximum Gasteiger partial charge on any atom is 0.140 e. The van der Waals surface area contributed by atoms with Crippen molar-refractivity contribution in [2.75, 3.05) is 19.6 Å². The molecule has 5 heteroatoms. The van der Waals surface area contributed by atoms with Crippen LogP contribution in [-0.4, -0.2) is 19.1 Å². The largest absolute Gasteiger partial charge is 0.497 e. The van der Waals surface area contributed by atoms with Gasteiger partial charge in [-0.25, -0.2) is 10.4 Å². The maximum atomic E-state index is 5.65. The molecule has 0 saturated heterocycles. The highest BCUT2D eigenvalue weighted by Crippen LogP contribution is 2.15. The van der Waals surface area contributed by atoms with Gasteiger partial charge in [0.25, 0.3) is 0 Å². The summed E-state index contributed by atoms with van der Waals surface area (Å²) in [7, 11) is 3.44. The lowest BCUT2D eigenvalue weighted by Crippen LogP contribution is -2.15. The van der Waals surface area contributed by atoms with Crippen LogP contribution >= 0.6 is 0 Å². The van der Waals surface area contributed by atoms with Gasteiger partial charge in [0.05, 0.1) is 13.3 Å². The Morgan fingerprint density at radius 2 is 1.79 bits per heavy atom. The molecule has 0 aliphatic rings. The highest BCUT2D eigenvalue weighted by Gasteiger charge is 1.98. The molecule has 0 atom stereocenters. The van der Waals surface area contributed by atoms with Crippen molar-refractivity contribution in [3.8, 4) is 11.5 Å². The molecule has 100 valence electrons. The molecule has 0 saturated carbocycles. The summed E-state index contributed by atoms with van der Waals surface area (Å²) in [6, 6.07) is 11.5. The van der Waals surface area contributed by atoms with Gasteiger partial charge >= 0.3 is 0 Å². The van der Waals surface area contributed by atoms with E-state index < -0.39 is 0 Å². The van der Waals surface area contributed by atoms with E-state index in [0.717, 1.165) is 22.9 Å². The third-order valence-corrected chi connectivity index (χ3v) is 2.55. The number of benzene rings is 1. The van der Waals surface area contributed by atoms with Crippen LogP contribution in [0.4, 0.5) is 5.82 Å². The van der Waals surface area contributed by atoms with Gasteiger partial charge in [-0.1, -0.05) is 12.1 Å². The Kier molecular flexibility index (Phi) is 4.58. The van der Waals surface area contributed by atoms with E-state index in [2.05, 4.69) is 15.8 Å². The van der Waals surface area contributed by atoms with Crippen LogP contribution < -0.4 is 20.3 Å². The van der Waals surface area contributed by atoms with E-state index in [1.165, 1.54) is 0 Å². The number of anilines is 1. The van der Waals surface area contributed by atoms with Crippen molar-refractivity contribution in [3.63, 3.8) is 0 Å². The fourth-order valence-electron chi connectivity index (χ4n) is 1.56. The lowest BCUT2D eigenvalue weighted by atomic mass is 10.2. The second-order valence-electron chi connectivity index (χ2n) is 3.89. The van der Waals surface area contributed by atoms with E-state index in [1.807, 2.05) is 36.4 Å². The number of nitrogens with one attached hydrogen (secondary N) is 2. The van der Waals surface area contributed by atoms with Crippen LogP contribution in [0.1, 0.15) is 5.56 Å². The summed E-state index contributed by atoms with van der Waals surface area (Å²) in [6.07, 6.45) is 1.68. The third kappa shape index (κ3) is 3.86. The second-order valence-corrected chi connectivity index (χ2v) is 3.89. The van der Waals surface area contributed by atoms with Crippen molar-refractivity contribution in [3.05, 3.63) is 48.2 Å². The van der Waals surface area contributed by atoms with Crippen molar-refractivity contribution >= 4 is 5.82 Å². The molecule has 2 rings (SSSR count). The van der Waals surface area contributed by atoms with Crippen LogP contribution in [0.2, 0.25) is 0 Å². The average Bonchev–Trinajstić information content (AvgIpc) is 2.47. The quantitative estimate of drug-likeness (QED) is 0.779. The predicted molar refractivity (Wildman–Crippen MR) is 74.2 cm³/mol. The van der Waals surface area contributed by atoms with E-state index in [1.54, 1.807) is 20.4 Å². The lowest BCUT2D eigenvalue weighted by molar-refractivity contribution is 0.305. The second kappa shape index (κ2) is 6.61. The Morgan fingerprint density at radius 1 is 1.05 bits per heavy atom. The van der Waals surface area contributed by atoms with Crippen LogP contribution in [0, 0.1) is 0 Å².